The van der Waals surface area contributed by atoms with Gasteiger partial charge in [-0.05, 0) is 24.6 Å². The summed E-state index contributed by atoms with van der Waals surface area (Å²) in [4.78, 5) is 12.0. The molecule has 0 aromatic heterocycles. The van der Waals surface area contributed by atoms with Crippen LogP contribution in [0.3, 0.4) is 0 Å². The fraction of sp³-hybridized carbons (Fsp3) is 0.632. The molecule has 3 aliphatic rings. The van der Waals surface area contributed by atoms with Gasteiger partial charge in [0.05, 0.1) is 6.54 Å². The number of aliphatic imine (C=N–C) groups is 1. The van der Waals surface area contributed by atoms with Crippen molar-refractivity contribution in [3.63, 3.8) is 0 Å². The Morgan fingerprint density at radius 1 is 1.26 bits per heavy atom. The second-order valence-corrected chi connectivity index (χ2v) is 7.06. The Morgan fingerprint density at radius 3 is 2.52 bits per heavy atom. The number of alkyl halides is 2. The van der Waals surface area contributed by atoms with Gasteiger partial charge in [0.1, 0.15) is 5.75 Å². The molecule has 1 N–H and O–H groups in total. The van der Waals surface area contributed by atoms with Crippen molar-refractivity contribution < 1.29 is 13.5 Å². The number of guanidine groups is 1. The zero-order valence-corrected chi connectivity index (χ0v) is 16.1. The molecule has 4 rings (SSSR count). The molecule has 3 aliphatic heterocycles. The number of halogens is 2. The van der Waals surface area contributed by atoms with Gasteiger partial charge in [-0.1, -0.05) is 12.1 Å². The van der Waals surface area contributed by atoms with Crippen LogP contribution in [0.15, 0.2) is 29.3 Å². The van der Waals surface area contributed by atoms with Crippen molar-refractivity contribution in [2.75, 3.05) is 52.9 Å². The molecule has 0 spiro atoms. The van der Waals surface area contributed by atoms with Crippen LogP contribution in [0.5, 0.6) is 5.75 Å². The van der Waals surface area contributed by atoms with Crippen molar-refractivity contribution in [3.8, 4) is 5.75 Å². The fourth-order valence-electron chi connectivity index (χ4n) is 3.68. The predicted octanol–water partition coefficient (Wildman–Crippen LogP) is 1.69. The summed E-state index contributed by atoms with van der Waals surface area (Å²) in [7, 11) is 1.99. The Bertz CT molecular complexity index is 617. The second-order valence-electron chi connectivity index (χ2n) is 7.06. The van der Waals surface area contributed by atoms with Crippen LogP contribution in [0.25, 0.3) is 0 Å². The Labute approximate surface area is 159 Å². The maximum atomic E-state index is 12.3. The van der Waals surface area contributed by atoms with Gasteiger partial charge >= 0.3 is 6.61 Å². The molecule has 150 valence electrons. The van der Waals surface area contributed by atoms with Gasteiger partial charge in [-0.25, -0.2) is 0 Å². The Kier molecular flexibility index (Phi) is 6.84. The van der Waals surface area contributed by atoms with Crippen LogP contribution in [-0.2, 0) is 6.54 Å². The molecule has 3 heterocycles. The van der Waals surface area contributed by atoms with Gasteiger partial charge in [0.15, 0.2) is 5.96 Å². The van der Waals surface area contributed by atoms with Gasteiger partial charge in [-0.2, -0.15) is 8.78 Å². The molecule has 1 aromatic rings. The fourth-order valence-corrected chi connectivity index (χ4v) is 3.68. The minimum Gasteiger partial charge on any atom is -0.435 e. The number of nitrogens with one attached hydrogen (secondary N) is 1. The number of hydrogen-bond donors (Lipinski definition) is 1. The van der Waals surface area contributed by atoms with Crippen molar-refractivity contribution in [1.29, 1.82) is 0 Å². The number of ether oxygens (including phenoxy) is 1. The van der Waals surface area contributed by atoms with Crippen LogP contribution >= 0.6 is 0 Å². The summed E-state index contributed by atoms with van der Waals surface area (Å²) in [6, 6.07) is 7.23. The van der Waals surface area contributed by atoms with Gasteiger partial charge in [0, 0.05) is 58.9 Å². The van der Waals surface area contributed by atoms with E-state index >= 15 is 0 Å². The predicted molar refractivity (Wildman–Crippen MR) is 102 cm³/mol. The summed E-state index contributed by atoms with van der Waals surface area (Å²) in [5, 5.41) is 3.34. The molecular formula is C19H29F2N5O. The van der Waals surface area contributed by atoms with E-state index in [-0.39, 0.29) is 5.75 Å². The SMILES string of the molecule is CCNC(=NCC1CN2CCN1CC2)N(C)Cc1ccc(OC(F)F)cc1. The van der Waals surface area contributed by atoms with E-state index in [4.69, 9.17) is 4.99 Å². The van der Waals surface area contributed by atoms with E-state index in [2.05, 4.69) is 31.7 Å². The van der Waals surface area contributed by atoms with Gasteiger partial charge in [0.2, 0.25) is 0 Å². The van der Waals surface area contributed by atoms with Gasteiger partial charge < -0.3 is 15.0 Å². The monoisotopic (exact) mass is 381 g/mol. The summed E-state index contributed by atoms with van der Waals surface area (Å²) >= 11 is 0. The highest BCUT2D eigenvalue weighted by Crippen LogP contribution is 2.17. The first-order valence-electron chi connectivity index (χ1n) is 9.54. The van der Waals surface area contributed by atoms with Gasteiger partial charge in [-0.3, -0.25) is 14.8 Å². The smallest absolute Gasteiger partial charge is 0.387 e. The summed E-state index contributed by atoms with van der Waals surface area (Å²) < 4.78 is 28.9. The Hall–Kier alpha value is -1.93. The van der Waals surface area contributed by atoms with Crippen LogP contribution in [0.2, 0.25) is 0 Å². The minimum atomic E-state index is -2.80. The Balaban J connectivity index is 1.58. The number of nitrogens with zero attached hydrogens (tertiary/aromatic N) is 4. The average molecular weight is 381 g/mol. The molecule has 1 aromatic carbocycles. The molecule has 3 fully saturated rings. The van der Waals surface area contributed by atoms with Crippen molar-refractivity contribution in [2.24, 2.45) is 4.99 Å². The van der Waals surface area contributed by atoms with Crippen LogP contribution in [-0.4, -0.2) is 86.2 Å². The van der Waals surface area contributed by atoms with Crippen molar-refractivity contribution in [3.05, 3.63) is 29.8 Å². The van der Waals surface area contributed by atoms with Gasteiger partial charge in [-0.15, -0.1) is 0 Å². The number of fused-ring (bicyclic) bond motifs is 3. The number of piperazine rings is 3. The zero-order chi connectivity index (χ0) is 19.2. The van der Waals surface area contributed by atoms with E-state index in [0.29, 0.717) is 12.6 Å². The van der Waals surface area contributed by atoms with E-state index < -0.39 is 6.61 Å². The molecule has 8 heteroatoms. The first-order valence-corrected chi connectivity index (χ1v) is 9.54. The van der Waals surface area contributed by atoms with Crippen LogP contribution < -0.4 is 10.1 Å². The maximum Gasteiger partial charge on any atom is 0.387 e. The lowest BCUT2D eigenvalue weighted by Crippen LogP contribution is -2.62. The third kappa shape index (κ3) is 5.52. The lowest BCUT2D eigenvalue weighted by molar-refractivity contribution is -0.0498. The molecule has 0 amide bonds. The van der Waals surface area contributed by atoms with Crippen molar-refractivity contribution >= 4 is 5.96 Å². The van der Waals surface area contributed by atoms with E-state index in [0.717, 1.165) is 44.2 Å². The summed E-state index contributed by atoms with van der Waals surface area (Å²) in [5.74, 6) is 1.04. The average Bonchev–Trinajstić information content (AvgIpc) is 2.67. The second kappa shape index (κ2) is 9.32. The molecule has 1 unspecified atom stereocenters. The molecule has 0 saturated carbocycles. The highest BCUT2D eigenvalue weighted by atomic mass is 19.3. The van der Waals surface area contributed by atoms with E-state index in [9.17, 15) is 8.78 Å². The third-order valence-electron chi connectivity index (χ3n) is 5.11. The number of hydrogen-bond acceptors (Lipinski definition) is 4. The highest BCUT2D eigenvalue weighted by Gasteiger charge is 2.31. The first-order chi connectivity index (χ1) is 13.0. The van der Waals surface area contributed by atoms with Crippen molar-refractivity contribution in [1.82, 2.24) is 20.0 Å². The molecular weight excluding hydrogens is 352 g/mol. The zero-order valence-electron chi connectivity index (χ0n) is 16.1. The lowest BCUT2D eigenvalue weighted by Gasteiger charge is -2.47. The normalized spacial score (nSPS) is 24.9. The van der Waals surface area contributed by atoms with E-state index in [1.165, 1.54) is 13.1 Å². The molecule has 0 radical (unpaired) electrons. The summed E-state index contributed by atoms with van der Waals surface area (Å²) in [6.45, 7) is 7.19. The largest absolute Gasteiger partial charge is 0.435 e. The van der Waals surface area contributed by atoms with Gasteiger partial charge in [0.25, 0.3) is 0 Å². The number of benzene rings is 1. The molecule has 0 aliphatic carbocycles. The van der Waals surface area contributed by atoms with E-state index in [1.807, 2.05) is 7.05 Å². The topological polar surface area (TPSA) is 43.3 Å². The Morgan fingerprint density at radius 2 is 1.96 bits per heavy atom. The quantitative estimate of drug-likeness (QED) is 0.575. The first kappa shape index (κ1) is 19.8. The summed E-state index contributed by atoms with van der Waals surface area (Å²) in [5.41, 5.74) is 1.01. The molecule has 3 saturated heterocycles. The minimum absolute atomic E-state index is 0.174. The third-order valence-corrected chi connectivity index (χ3v) is 5.11. The molecule has 27 heavy (non-hydrogen) atoms. The lowest BCUT2D eigenvalue weighted by atomic mass is 10.1. The van der Waals surface area contributed by atoms with E-state index in [1.54, 1.807) is 24.3 Å². The van der Waals surface area contributed by atoms with Crippen molar-refractivity contribution in [2.45, 2.75) is 26.1 Å². The maximum absolute atomic E-state index is 12.3. The molecule has 1 atom stereocenters. The number of rotatable bonds is 7. The molecule has 6 nitrogen and oxygen atoms in total. The summed E-state index contributed by atoms with van der Waals surface area (Å²) in [6.07, 6.45) is 0. The van der Waals surface area contributed by atoms with Crippen LogP contribution in [0, 0.1) is 0 Å². The van der Waals surface area contributed by atoms with Crippen LogP contribution in [0.1, 0.15) is 12.5 Å². The standard InChI is InChI=1S/C19H29F2N5O/c1-3-22-19(23-12-16-14-25-8-10-26(16)11-9-25)24(2)13-15-4-6-17(7-5-15)27-18(20)21/h4-7,16,18H,3,8-14H2,1-2H3,(H,22,23). The molecule has 2 bridgehead atoms. The van der Waals surface area contributed by atoms with Crippen LogP contribution in [0.4, 0.5) is 8.78 Å². The highest BCUT2D eigenvalue weighted by molar-refractivity contribution is 5.79.